The van der Waals surface area contributed by atoms with Gasteiger partial charge in [0, 0.05) is 24.1 Å². The fraction of sp³-hybridized carbons (Fsp3) is 0.824. The van der Waals surface area contributed by atoms with Crippen LogP contribution < -0.4 is 5.32 Å². The molecule has 130 valence electrons. The lowest BCUT2D eigenvalue weighted by molar-refractivity contribution is -0.132. The van der Waals surface area contributed by atoms with E-state index in [1.807, 2.05) is 24.7 Å². The average molecular weight is 322 g/mol. The molecule has 3 unspecified atom stereocenters. The Bertz CT molecular complexity index is 540. The Labute approximate surface area is 138 Å². The lowest BCUT2D eigenvalue weighted by Crippen LogP contribution is -2.60. The average Bonchev–Trinajstić information content (AvgIpc) is 2.98. The number of hydrogen-bond donors (Lipinski definition) is 2. The Kier molecular flexibility index (Phi) is 5.45. The van der Waals surface area contributed by atoms with Crippen molar-refractivity contribution in [3.8, 4) is 0 Å². The summed E-state index contributed by atoms with van der Waals surface area (Å²) in [4.78, 5) is 11.8. The van der Waals surface area contributed by atoms with E-state index in [4.69, 9.17) is 0 Å². The van der Waals surface area contributed by atoms with Crippen LogP contribution in [0, 0.1) is 5.92 Å². The Balaban J connectivity index is 1.87. The van der Waals surface area contributed by atoms with Crippen molar-refractivity contribution in [3.63, 3.8) is 0 Å². The Hall–Kier alpha value is -1.43. The maximum atomic E-state index is 11.8. The molecule has 1 aromatic heterocycles. The zero-order valence-electron chi connectivity index (χ0n) is 14.9. The molecule has 0 bridgehead atoms. The van der Waals surface area contributed by atoms with Crippen LogP contribution in [0.25, 0.3) is 0 Å². The van der Waals surface area contributed by atoms with Crippen molar-refractivity contribution in [2.24, 2.45) is 5.92 Å². The van der Waals surface area contributed by atoms with Gasteiger partial charge in [0.05, 0.1) is 17.3 Å². The Morgan fingerprint density at radius 2 is 2.13 bits per heavy atom. The van der Waals surface area contributed by atoms with E-state index in [9.17, 15) is 9.90 Å². The van der Waals surface area contributed by atoms with Crippen molar-refractivity contribution < 1.29 is 9.90 Å². The summed E-state index contributed by atoms with van der Waals surface area (Å²) in [7, 11) is 0. The summed E-state index contributed by atoms with van der Waals surface area (Å²) in [5.74, 6) is 0.208. The summed E-state index contributed by atoms with van der Waals surface area (Å²) in [6.45, 7) is 9.99. The van der Waals surface area contributed by atoms with Gasteiger partial charge in [-0.25, -0.2) is 4.68 Å². The van der Waals surface area contributed by atoms with E-state index in [0.717, 1.165) is 25.0 Å². The third-order valence-corrected chi connectivity index (χ3v) is 4.93. The molecule has 0 spiro atoms. The molecule has 1 aliphatic rings. The van der Waals surface area contributed by atoms with Crippen LogP contribution in [0.15, 0.2) is 6.20 Å². The molecule has 0 aromatic carbocycles. The first-order valence-electron chi connectivity index (χ1n) is 8.67. The van der Waals surface area contributed by atoms with Gasteiger partial charge in [-0.15, -0.1) is 5.10 Å². The first-order chi connectivity index (χ1) is 10.7. The second-order valence-electron chi connectivity index (χ2n) is 7.52. The summed E-state index contributed by atoms with van der Waals surface area (Å²) in [5.41, 5.74) is 0.191. The van der Waals surface area contributed by atoms with Gasteiger partial charge >= 0.3 is 0 Å². The van der Waals surface area contributed by atoms with E-state index in [-0.39, 0.29) is 23.8 Å². The van der Waals surface area contributed by atoms with E-state index >= 15 is 0 Å². The van der Waals surface area contributed by atoms with E-state index in [1.54, 1.807) is 0 Å². The molecular formula is C17H30N4O2. The van der Waals surface area contributed by atoms with E-state index < -0.39 is 5.60 Å². The number of rotatable bonds is 7. The number of nitrogens with zero attached hydrogens (tertiary/aromatic N) is 3. The lowest BCUT2D eigenvalue weighted by atomic mass is 9.71. The SMILES string of the molecule is CC(C)C(=O)NC1CCC1(O)CCC(C)c1cn(C(C)C)nn1. The van der Waals surface area contributed by atoms with Crippen LogP contribution in [0.4, 0.5) is 0 Å². The summed E-state index contributed by atoms with van der Waals surface area (Å²) in [6, 6.07) is 0.186. The highest BCUT2D eigenvalue weighted by Crippen LogP contribution is 2.38. The molecule has 6 heteroatoms. The van der Waals surface area contributed by atoms with Crippen LogP contribution in [0.3, 0.4) is 0 Å². The number of aromatic nitrogens is 3. The molecule has 0 aliphatic heterocycles. The van der Waals surface area contributed by atoms with Crippen molar-refractivity contribution in [3.05, 3.63) is 11.9 Å². The number of carbonyl (C=O) groups is 1. The molecule has 6 nitrogen and oxygen atoms in total. The third kappa shape index (κ3) is 4.10. The molecule has 1 fully saturated rings. The summed E-state index contributed by atoms with van der Waals surface area (Å²) < 4.78 is 1.86. The van der Waals surface area contributed by atoms with Crippen LogP contribution in [0.1, 0.15) is 78.0 Å². The minimum atomic E-state index is -0.771. The van der Waals surface area contributed by atoms with Gasteiger partial charge in [-0.05, 0) is 39.5 Å². The molecule has 2 N–H and O–H groups in total. The fourth-order valence-corrected chi connectivity index (χ4v) is 2.85. The van der Waals surface area contributed by atoms with E-state index in [2.05, 4.69) is 36.4 Å². The molecule has 23 heavy (non-hydrogen) atoms. The van der Waals surface area contributed by atoms with Gasteiger partial charge in [0.1, 0.15) is 0 Å². The lowest BCUT2D eigenvalue weighted by Gasteiger charge is -2.46. The van der Waals surface area contributed by atoms with Gasteiger partial charge in [0.15, 0.2) is 0 Å². The maximum absolute atomic E-state index is 11.8. The topological polar surface area (TPSA) is 80.0 Å². The first kappa shape index (κ1) is 17.9. The Morgan fingerprint density at radius 3 is 2.61 bits per heavy atom. The quantitative estimate of drug-likeness (QED) is 0.808. The molecule has 1 aliphatic carbocycles. The van der Waals surface area contributed by atoms with Crippen molar-refractivity contribution in [1.82, 2.24) is 20.3 Å². The second-order valence-corrected chi connectivity index (χ2v) is 7.52. The maximum Gasteiger partial charge on any atom is 0.222 e. The standard InChI is InChI=1S/C17H30N4O2/c1-11(2)16(22)18-15-7-9-17(15,23)8-6-13(5)14-10-21(12(3)4)20-19-14/h10-13,15,23H,6-9H2,1-5H3,(H,18,22). The van der Waals surface area contributed by atoms with Crippen LogP contribution in [-0.4, -0.2) is 37.7 Å². The highest BCUT2D eigenvalue weighted by atomic mass is 16.3. The van der Waals surface area contributed by atoms with Gasteiger partial charge in [0.25, 0.3) is 0 Å². The van der Waals surface area contributed by atoms with E-state index in [1.165, 1.54) is 0 Å². The number of nitrogens with one attached hydrogen (secondary N) is 1. The highest BCUT2D eigenvalue weighted by Gasteiger charge is 2.45. The highest BCUT2D eigenvalue weighted by molar-refractivity contribution is 5.78. The number of aliphatic hydroxyl groups is 1. The van der Waals surface area contributed by atoms with Crippen molar-refractivity contribution in [2.45, 2.75) is 83.9 Å². The molecule has 1 amide bonds. The molecule has 1 aromatic rings. The zero-order valence-corrected chi connectivity index (χ0v) is 14.9. The van der Waals surface area contributed by atoms with Gasteiger partial charge in [0.2, 0.25) is 5.91 Å². The van der Waals surface area contributed by atoms with Crippen molar-refractivity contribution in [1.29, 1.82) is 0 Å². The fourth-order valence-electron chi connectivity index (χ4n) is 2.85. The first-order valence-corrected chi connectivity index (χ1v) is 8.67. The molecular weight excluding hydrogens is 292 g/mol. The van der Waals surface area contributed by atoms with Crippen molar-refractivity contribution in [2.75, 3.05) is 0 Å². The summed E-state index contributed by atoms with van der Waals surface area (Å²) >= 11 is 0. The normalized spacial score (nSPS) is 25.5. The predicted molar refractivity (Wildman–Crippen MR) is 89.0 cm³/mol. The molecule has 2 rings (SSSR count). The summed E-state index contributed by atoms with van der Waals surface area (Å²) in [6.07, 6.45) is 5.10. The molecule has 0 radical (unpaired) electrons. The van der Waals surface area contributed by atoms with Crippen LogP contribution in [-0.2, 0) is 4.79 Å². The molecule has 1 heterocycles. The second kappa shape index (κ2) is 6.99. The number of amides is 1. The third-order valence-electron chi connectivity index (χ3n) is 4.93. The van der Waals surface area contributed by atoms with Crippen LogP contribution in [0.2, 0.25) is 0 Å². The monoisotopic (exact) mass is 322 g/mol. The largest absolute Gasteiger partial charge is 0.388 e. The molecule has 0 saturated heterocycles. The van der Waals surface area contributed by atoms with Gasteiger partial charge in [-0.1, -0.05) is 26.0 Å². The number of hydrogen-bond acceptors (Lipinski definition) is 4. The summed E-state index contributed by atoms with van der Waals surface area (Å²) in [5, 5.41) is 22.1. The van der Waals surface area contributed by atoms with Gasteiger partial charge < -0.3 is 10.4 Å². The zero-order chi connectivity index (χ0) is 17.2. The minimum Gasteiger partial charge on any atom is -0.388 e. The van der Waals surface area contributed by atoms with Gasteiger partial charge in [-0.3, -0.25) is 4.79 Å². The van der Waals surface area contributed by atoms with Crippen LogP contribution >= 0.6 is 0 Å². The van der Waals surface area contributed by atoms with Crippen molar-refractivity contribution >= 4 is 5.91 Å². The number of carbonyl (C=O) groups excluding carboxylic acids is 1. The smallest absolute Gasteiger partial charge is 0.222 e. The molecule has 1 saturated carbocycles. The predicted octanol–water partition coefficient (Wildman–Crippen LogP) is 2.41. The van der Waals surface area contributed by atoms with Crippen LogP contribution in [0.5, 0.6) is 0 Å². The molecule has 3 atom stereocenters. The Morgan fingerprint density at radius 1 is 1.43 bits per heavy atom. The van der Waals surface area contributed by atoms with Gasteiger partial charge in [-0.2, -0.15) is 0 Å². The minimum absolute atomic E-state index is 0.0149. The van der Waals surface area contributed by atoms with E-state index in [0.29, 0.717) is 12.5 Å².